The number of nitrogens with zero attached hydrogens (tertiary/aromatic N) is 2. The number of aromatic nitrogens is 2. The minimum atomic E-state index is 0.392. The molecule has 1 aromatic heterocycles. The van der Waals surface area contributed by atoms with Gasteiger partial charge in [-0.2, -0.15) is 0 Å². The molecular formula is C18H29N3. The molecule has 0 saturated heterocycles. The molecule has 0 fully saturated rings. The highest BCUT2D eigenvalue weighted by Crippen LogP contribution is 2.22. The van der Waals surface area contributed by atoms with E-state index in [0.717, 1.165) is 18.6 Å². The van der Waals surface area contributed by atoms with Crippen LogP contribution in [0, 0.1) is 5.41 Å². The topological polar surface area (TPSA) is 29.9 Å². The monoisotopic (exact) mass is 287 g/mol. The lowest BCUT2D eigenvalue weighted by Gasteiger charge is -2.24. The van der Waals surface area contributed by atoms with Crippen molar-refractivity contribution in [1.29, 1.82) is 0 Å². The quantitative estimate of drug-likeness (QED) is 0.826. The molecule has 0 amide bonds. The van der Waals surface area contributed by atoms with Gasteiger partial charge in [0.05, 0.1) is 17.4 Å². The molecule has 0 radical (unpaired) electrons. The average Bonchev–Trinajstić information content (AvgIpc) is 2.84. The molecule has 0 aliphatic heterocycles. The largest absolute Gasteiger partial charge is 0.329 e. The first-order valence-corrected chi connectivity index (χ1v) is 8.13. The number of imidazole rings is 1. The van der Waals surface area contributed by atoms with Gasteiger partial charge < -0.3 is 9.88 Å². The van der Waals surface area contributed by atoms with Gasteiger partial charge in [0.15, 0.2) is 0 Å². The third-order valence-corrected chi connectivity index (χ3v) is 3.87. The van der Waals surface area contributed by atoms with Crippen molar-refractivity contribution >= 4 is 11.0 Å². The molecule has 3 nitrogen and oxygen atoms in total. The van der Waals surface area contributed by atoms with Crippen LogP contribution in [-0.4, -0.2) is 22.1 Å². The molecule has 2 aromatic rings. The van der Waals surface area contributed by atoms with Crippen molar-refractivity contribution in [2.75, 3.05) is 6.54 Å². The highest BCUT2D eigenvalue weighted by atomic mass is 15.1. The van der Waals surface area contributed by atoms with Gasteiger partial charge in [0.2, 0.25) is 0 Å². The molecule has 3 heteroatoms. The maximum Gasteiger partial charge on any atom is 0.0958 e. The van der Waals surface area contributed by atoms with Crippen molar-refractivity contribution in [3.8, 4) is 0 Å². The Balaban J connectivity index is 2.06. The van der Waals surface area contributed by atoms with Crippen LogP contribution in [0.3, 0.4) is 0 Å². The van der Waals surface area contributed by atoms with Gasteiger partial charge >= 0.3 is 0 Å². The summed E-state index contributed by atoms with van der Waals surface area (Å²) in [7, 11) is 0. The molecule has 2 rings (SSSR count). The first kappa shape index (κ1) is 16.0. The molecule has 21 heavy (non-hydrogen) atoms. The zero-order valence-electron chi connectivity index (χ0n) is 13.9. The van der Waals surface area contributed by atoms with Gasteiger partial charge in [-0.05, 0) is 43.4 Å². The van der Waals surface area contributed by atoms with Gasteiger partial charge in [-0.1, -0.05) is 39.8 Å². The second-order valence-electron chi connectivity index (χ2n) is 7.14. The van der Waals surface area contributed by atoms with Crippen LogP contribution in [0.15, 0.2) is 30.6 Å². The molecule has 1 atom stereocenters. The van der Waals surface area contributed by atoms with Crippen LogP contribution >= 0.6 is 0 Å². The summed E-state index contributed by atoms with van der Waals surface area (Å²) in [6.07, 6.45) is 5.59. The van der Waals surface area contributed by atoms with Crippen LogP contribution in [-0.2, 0) is 6.54 Å². The SMILES string of the molecule is CCCNC(CCC(C)(C)C)Cn1cnc2ccccc21. The summed E-state index contributed by atoms with van der Waals surface area (Å²) < 4.78 is 2.28. The van der Waals surface area contributed by atoms with Crippen molar-refractivity contribution in [1.82, 2.24) is 14.9 Å². The predicted molar refractivity (Wildman–Crippen MR) is 90.5 cm³/mol. The van der Waals surface area contributed by atoms with Gasteiger partial charge in [0, 0.05) is 12.6 Å². The molecule has 0 aliphatic rings. The minimum absolute atomic E-state index is 0.392. The lowest BCUT2D eigenvalue weighted by Crippen LogP contribution is -2.34. The van der Waals surface area contributed by atoms with Gasteiger partial charge in [-0.3, -0.25) is 0 Å². The van der Waals surface area contributed by atoms with Crippen LogP contribution in [0.1, 0.15) is 47.0 Å². The molecular weight excluding hydrogens is 258 g/mol. The van der Waals surface area contributed by atoms with Crippen molar-refractivity contribution in [2.45, 2.75) is 59.5 Å². The molecule has 1 heterocycles. The van der Waals surface area contributed by atoms with E-state index in [1.165, 1.54) is 24.8 Å². The van der Waals surface area contributed by atoms with Crippen molar-refractivity contribution in [2.24, 2.45) is 5.41 Å². The number of hydrogen-bond acceptors (Lipinski definition) is 2. The summed E-state index contributed by atoms with van der Waals surface area (Å²) in [6.45, 7) is 11.3. The summed E-state index contributed by atoms with van der Waals surface area (Å²) in [5, 5.41) is 3.70. The fraction of sp³-hybridized carbons (Fsp3) is 0.611. The van der Waals surface area contributed by atoms with E-state index in [-0.39, 0.29) is 0 Å². The summed E-state index contributed by atoms with van der Waals surface area (Å²) in [6, 6.07) is 8.89. The number of nitrogens with one attached hydrogen (secondary N) is 1. The number of para-hydroxylation sites is 2. The van der Waals surface area contributed by atoms with Crippen molar-refractivity contribution in [3.05, 3.63) is 30.6 Å². The molecule has 0 aliphatic carbocycles. The molecule has 1 N–H and O–H groups in total. The summed E-state index contributed by atoms with van der Waals surface area (Å²) in [5.74, 6) is 0. The Morgan fingerprint density at radius 2 is 2.00 bits per heavy atom. The second-order valence-corrected chi connectivity index (χ2v) is 7.14. The van der Waals surface area contributed by atoms with Crippen LogP contribution in [0.25, 0.3) is 11.0 Å². The van der Waals surface area contributed by atoms with Gasteiger partial charge in [-0.25, -0.2) is 4.98 Å². The Morgan fingerprint density at radius 3 is 2.71 bits per heavy atom. The minimum Gasteiger partial charge on any atom is -0.329 e. The maximum atomic E-state index is 4.50. The summed E-state index contributed by atoms with van der Waals surface area (Å²) in [4.78, 5) is 4.50. The van der Waals surface area contributed by atoms with E-state index in [1.54, 1.807) is 0 Å². The van der Waals surface area contributed by atoms with E-state index in [2.05, 4.69) is 60.8 Å². The zero-order chi connectivity index (χ0) is 15.3. The number of benzene rings is 1. The van der Waals surface area contributed by atoms with Crippen LogP contribution < -0.4 is 5.32 Å². The standard InChI is InChI=1S/C18H29N3/c1-5-12-19-15(10-11-18(2,3)4)13-21-14-20-16-8-6-7-9-17(16)21/h6-9,14-15,19H,5,10-13H2,1-4H3. The van der Waals surface area contributed by atoms with Crippen molar-refractivity contribution in [3.63, 3.8) is 0 Å². The highest BCUT2D eigenvalue weighted by Gasteiger charge is 2.16. The first-order chi connectivity index (χ1) is 9.99. The van der Waals surface area contributed by atoms with Crippen molar-refractivity contribution < 1.29 is 0 Å². The van der Waals surface area contributed by atoms with E-state index in [9.17, 15) is 0 Å². The fourth-order valence-electron chi connectivity index (χ4n) is 2.61. The second kappa shape index (κ2) is 7.08. The Kier molecular flexibility index (Phi) is 5.40. The molecule has 0 saturated carbocycles. The Hall–Kier alpha value is -1.35. The van der Waals surface area contributed by atoms with E-state index in [0.29, 0.717) is 11.5 Å². The molecule has 0 bridgehead atoms. The zero-order valence-corrected chi connectivity index (χ0v) is 13.9. The van der Waals surface area contributed by atoms with E-state index in [1.807, 2.05) is 12.4 Å². The van der Waals surface area contributed by atoms with Gasteiger partial charge in [-0.15, -0.1) is 0 Å². The molecule has 1 aromatic carbocycles. The molecule has 1 unspecified atom stereocenters. The number of rotatable bonds is 7. The smallest absolute Gasteiger partial charge is 0.0958 e. The van der Waals surface area contributed by atoms with Gasteiger partial charge in [0.25, 0.3) is 0 Å². The normalized spacial score (nSPS) is 13.7. The summed E-state index contributed by atoms with van der Waals surface area (Å²) >= 11 is 0. The fourth-order valence-corrected chi connectivity index (χ4v) is 2.61. The third kappa shape index (κ3) is 4.85. The van der Waals surface area contributed by atoms with E-state index >= 15 is 0 Å². The van der Waals surface area contributed by atoms with Crippen LogP contribution in [0.2, 0.25) is 0 Å². The third-order valence-electron chi connectivity index (χ3n) is 3.87. The van der Waals surface area contributed by atoms with Crippen LogP contribution in [0.5, 0.6) is 0 Å². The Morgan fingerprint density at radius 1 is 1.24 bits per heavy atom. The number of hydrogen-bond donors (Lipinski definition) is 1. The first-order valence-electron chi connectivity index (χ1n) is 8.13. The highest BCUT2D eigenvalue weighted by molar-refractivity contribution is 5.74. The average molecular weight is 287 g/mol. The number of fused-ring (bicyclic) bond motifs is 1. The summed E-state index contributed by atoms with van der Waals surface area (Å²) in [5.41, 5.74) is 2.71. The molecule has 0 spiro atoms. The lowest BCUT2D eigenvalue weighted by atomic mass is 9.88. The van der Waals surface area contributed by atoms with Gasteiger partial charge in [0.1, 0.15) is 0 Å². The Labute approximate surface area is 128 Å². The van der Waals surface area contributed by atoms with Crippen LogP contribution in [0.4, 0.5) is 0 Å². The van der Waals surface area contributed by atoms with E-state index in [4.69, 9.17) is 0 Å². The molecule has 116 valence electrons. The maximum absolute atomic E-state index is 4.50. The lowest BCUT2D eigenvalue weighted by molar-refractivity contribution is 0.316. The van der Waals surface area contributed by atoms with E-state index < -0.39 is 0 Å². The predicted octanol–water partition coefficient (Wildman–Crippen LogP) is 4.23. The Bertz CT molecular complexity index is 551.